The first-order valence-corrected chi connectivity index (χ1v) is 10.5. The molecule has 1 aromatic carbocycles. The standard InChI is InChI=1S/C21H29N7O2/c22-16-6-2-3-7-18(16)28(23)13-9-19(29)27-12-8-15-17(14-27)24-21(25-20(15)30)26-10-4-1-5-11-26/h2-3,6-7H,1,4-5,8-14,22-23H2,(H,24,25,30). The molecule has 2 aliphatic rings. The molecule has 1 amide bonds. The number of aromatic amines is 1. The van der Waals surface area contributed by atoms with Gasteiger partial charge < -0.3 is 20.5 Å². The zero-order valence-electron chi connectivity index (χ0n) is 17.1. The lowest BCUT2D eigenvalue weighted by Crippen LogP contribution is -2.42. The van der Waals surface area contributed by atoms with Gasteiger partial charge in [-0.3, -0.25) is 14.6 Å². The predicted octanol–water partition coefficient (Wildman–Crippen LogP) is 0.997. The number of hydrogen-bond acceptors (Lipinski definition) is 7. The van der Waals surface area contributed by atoms with Crippen LogP contribution in [0.2, 0.25) is 0 Å². The highest BCUT2D eigenvalue weighted by atomic mass is 16.2. The highest BCUT2D eigenvalue weighted by molar-refractivity contribution is 5.77. The van der Waals surface area contributed by atoms with Crippen molar-refractivity contribution in [3.05, 3.63) is 45.9 Å². The van der Waals surface area contributed by atoms with Crippen LogP contribution in [0.5, 0.6) is 0 Å². The van der Waals surface area contributed by atoms with Gasteiger partial charge in [0.05, 0.1) is 23.6 Å². The van der Waals surface area contributed by atoms with Crippen LogP contribution in [0.25, 0.3) is 0 Å². The summed E-state index contributed by atoms with van der Waals surface area (Å²) < 4.78 is 0. The van der Waals surface area contributed by atoms with Crippen LogP contribution in [0, 0.1) is 0 Å². The van der Waals surface area contributed by atoms with Crippen LogP contribution in [0.1, 0.15) is 36.9 Å². The van der Waals surface area contributed by atoms with E-state index in [-0.39, 0.29) is 17.9 Å². The SMILES string of the molecule is Nc1ccccc1N(N)CCC(=O)N1CCc2c(nc(N3CCCCC3)[nH]c2=O)C1. The first-order valence-electron chi connectivity index (χ1n) is 10.5. The Morgan fingerprint density at radius 2 is 1.93 bits per heavy atom. The van der Waals surface area contributed by atoms with Gasteiger partial charge >= 0.3 is 0 Å². The van der Waals surface area contributed by atoms with Crippen molar-refractivity contribution in [1.82, 2.24) is 14.9 Å². The van der Waals surface area contributed by atoms with Gasteiger partial charge in [0.25, 0.3) is 5.56 Å². The molecule has 0 radical (unpaired) electrons. The number of anilines is 3. The second-order valence-corrected chi connectivity index (χ2v) is 7.93. The van der Waals surface area contributed by atoms with E-state index in [4.69, 9.17) is 16.6 Å². The van der Waals surface area contributed by atoms with Crippen LogP contribution in [0.15, 0.2) is 29.1 Å². The minimum absolute atomic E-state index is 0.00722. The van der Waals surface area contributed by atoms with Gasteiger partial charge in [-0.1, -0.05) is 12.1 Å². The molecule has 3 heterocycles. The number of nitrogens with two attached hydrogens (primary N) is 2. The van der Waals surface area contributed by atoms with Crippen LogP contribution < -0.4 is 27.0 Å². The minimum Gasteiger partial charge on any atom is -0.397 e. The normalized spacial score (nSPS) is 16.3. The summed E-state index contributed by atoms with van der Waals surface area (Å²) >= 11 is 0. The molecule has 30 heavy (non-hydrogen) atoms. The second-order valence-electron chi connectivity index (χ2n) is 7.93. The molecule has 9 heteroatoms. The summed E-state index contributed by atoms with van der Waals surface area (Å²) in [6, 6.07) is 7.31. The van der Waals surface area contributed by atoms with E-state index in [0.29, 0.717) is 54.6 Å². The second kappa shape index (κ2) is 8.74. The Morgan fingerprint density at radius 3 is 2.70 bits per heavy atom. The van der Waals surface area contributed by atoms with Gasteiger partial charge in [-0.25, -0.2) is 10.8 Å². The number of amides is 1. The predicted molar refractivity (Wildman–Crippen MR) is 117 cm³/mol. The lowest BCUT2D eigenvalue weighted by molar-refractivity contribution is -0.132. The maximum atomic E-state index is 12.8. The van der Waals surface area contributed by atoms with Crippen LogP contribution in [0.3, 0.4) is 0 Å². The number of carbonyl (C=O) groups is 1. The van der Waals surface area contributed by atoms with Crippen molar-refractivity contribution in [2.24, 2.45) is 5.84 Å². The van der Waals surface area contributed by atoms with Gasteiger partial charge in [0.1, 0.15) is 0 Å². The monoisotopic (exact) mass is 411 g/mol. The summed E-state index contributed by atoms with van der Waals surface area (Å²) in [6.45, 7) is 3.03. The molecular formula is C21H29N7O2. The molecule has 0 unspecified atom stereocenters. The molecule has 1 saturated heterocycles. The van der Waals surface area contributed by atoms with Crippen molar-refractivity contribution in [3.63, 3.8) is 0 Å². The highest BCUT2D eigenvalue weighted by Crippen LogP contribution is 2.22. The molecule has 0 atom stereocenters. The molecule has 0 aliphatic carbocycles. The van der Waals surface area contributed by atoms with Crippen molar-refractivity contribution in [3.8, 4) is 0 Å². The van der Waals surface area contributed by atoms with Crippen molar-refractivity contribution < 1.29 is 4.79 Å². The number of aromatic nitrogens is 2. The molecular weight excluding hydrogens is 382 g/mol. The van der Waals surface area contributed by atoms with Gasteiger partial charge in [0.15, 0.2) is 0 Å². The molecule has 1 fully saturated rings. The average Bonchev–Trinajstić information content (AvgIpc) is 2.77. The third kappa shape index (κ3) is 4.25. The van der Waals surface area contributed by atoms with Crippen LogP contribution in [-0.4, -0.2) is 47.0 Å². The Hall–Kier alpha value is -3.07. The molecule has 2 aliphatic heterocycles. The fourth-order valence-corrected chi connectivity index (χ4v) is 4.14. The third-order valence-electron chi connectivity index (χ3n) is 5.88. The first kappa shape index (κ1) is 20.2. The Bertz CT molecular complexity index is 968. The maximum Gasteiger partial charge on any atom is 0.255 e. The summed E-state index contributed by atoms with van der Waals surface area (Å²) in [5, 5.41) is 1.50. The van der Waals surface area contributed by atoms with Crippen LogP contribution in [0.4, 0.5) is 17.3 Å². The van der Waals surface area contributed by atoms with E-state index >= 15 is 0 Å². The first-order chi connectivity index (χ1) is 14.5. The lowest BCUT2D eigenvalue weighted by Gasteiger charge is -2.31. The topological polar surface area (TPSA) is 125 Å². The molecule has 0 saturated carbocycles. The quantitative estimate of drug-likeness (QED) is 0.381. The van der Waals surface area contributed by atoms with Crippen molar-refractivity contribution in [2.75, 3.05) is 41.8 Å². The molecule has 0 bridgehead atoms. The summed E-state index contributed by atoms with van der Waals surface area (Å²) in [4.78, 5) is 36.9. The molecule has 5 N–H and O–H groups in total. The zero-order chi connectivity index (χ0) is 21.1. The molecule has 1 aromatic heterocycles. The van der Waals surface area contributed by atoms with Gasteiger partial charge in [-0.05, 0) is 37.8 Å². The number of piperidine rings is 1. The summed E-state index contributed by atoms with van der Waals surface area (Å²) in [5.74, 6) is 6.71. The lowest BCUT2D eigenvalue weighted by atomic mass is 10.1. The minimum atomic E-state index is -0.0830. The number of fused-ring (bicyclic) bond motifs is 1. The number of hydrazine groups is 1. The number of nitrogens with zero attached hydrogens (tertiary/aromatic N) is 4. The van der Waals surface area contributed by atoms with Gasteiger partial charge in [0.2, 0.25) is 11.9 Å². The summed E-state index contributed by atoms with van der Waals surface area (Å²) in [6.07, 6.45) is 4.20. The Balaban J connectivity index is 1.41. The van der Waals surface area contributed by atoms with Gasteiger partial charge in [-0.15, -0.1) is 0 Å². The maximum absolute atomic E-state index is 12.8. The van der Waals surface area contributed by atoms with Crippen molar-refractivity contribution in [2.45, 2.75) is 38.6 Å². The number of nitrogens with one attached hydrogen (secondary N) is 1. The molecule has 2 aromatic rings. The van der Waals surface area contributed by atoms with Gasteiger partial charge in [-0.2, -0.15) is 0 Å². The van der Waals surface area contributed by atoms with E-state index < -0.39 is 0 Å². The number of rotatable bonds is 5. The highest BCUT2D eigenvalue weighted by Gasteiger charge is 2.26. The summed E-state index contributed by atoms with van der Waals surface area (Å²) in [7, 11) is 0. The number of hydrogen-bond donors (Lipinski definition) is 3. The van der Waals surface area contributed by atoms with Gasteiger partial charge in [0, 0.05) is 38.2 Å². The number of benzene rings is 1. The van der Waals surface area contributed by atoms with E-state index in [9.17, 15) is 9.59 Å². The van der Waals surface area contributed by atoms with E-state index in [2.05, 4.69) is 9.88 Å². The Labute approximate surface area is 175 Å². The van der Waals surface area contributed by atoms with Crippen LogP contribution >= 0.6 is 0 Å². The largest absolute Gasteiger partial charge is 0.397 e. The number of nitrogen functional groups attached to an aromatic ring is 1. The van der Waals surface area contributed by atoms with E-state index in [1.807, 2.05) is 18.2 Å². The summed E-state index contributed by atoms with van der Waals surface area (Å²) in [5.41, 5.74) is 8.54. The zero-order valence-corrected chi connectivity index (χ0v) is 17.1. The van der Waals surface area contributed by atoms with E-state index in [1.165, 1.54) is 11.4 Å². The Morgan fingerprint density at radius 1 is 1.17 bits per heavy atom. The third-order valence-corrected chi connectivity index (χ3v) is 5.88. The number of H-pyrrole nitrogens is 1. The molecule has 160 valence electrons. The van der Waals surface area contributed by atoms with E-state index in [1.54, 1.807) is 11.0 Å². The molecule has 9 nitrogen and oxygen atoms in total. The van der Waals surface area contributed by atoms with Crippen molar-refractivity contribution >= 4 is 23.2 Å². The number of para-hydroxylation sites is 2. The smallest absolute Gasteiger partial charge is 0.255 e. The Kier molecular flexibility index (Phi) is 5.89. The van der Waals surface area contributed by atoms with Crippen LogP contribution in [-0.2, 0) is 17.8 Å². The number of carbonyl (C=O) groups excluding carboxylic acids is 1. The fourth-order valence-electron chi connectivity index (χ4n) is 4.14. The fraction of sp³-hybridized carbons (Fsp3) is 0.476. The van der Waals surface area contributed by atoms with E-state index in [0.717, 1.165) is 25.9 Å². The van der Waals surface area contributed by atoms with Crippen molar-refractivity contribution in [1.29, 1.82) is 0 Å². The molecule has 4 rings (SSSR count). The average molecular weight is 412 g/mol. The molecule has 0 spiro atoms.